The third-order valence-electron chi connectivity index (χ3n) is 2.04. The van der Waals surface area contributed by atoms with Crippen molar-refractivity contribution in [3.05, 3.63) is 29.1 Å². The number of benzene rings is 1. The van der Waals surface area contributed by atoms with Crippen molar-refractivity contribution >= 4 is 21.4 Å². The number of phenolic OH excluding ortho intramolecular Hbond substituents is 1. The van der Waals surface area contributed by atoms with Gasteiger partial charge in [-0.1, -0.05) is 0 Å². The molecule has 0 amide bonds. The first kappa shape index (κ1) is 8.53. The van der Waals surface area contributed by atoms with Crippen LogP contribution in [0.5, 0.6) is 5.75 Å². The van der Waals surface area contributed by atoms with E-state index in [1.165, 1.54) is 11.3 Å². The predicted molar refractivity (Wildman–Crippen MR) is 54.1 cm³/mol. The van der Waals surface area contributed by atoms with Crippen LogP contribution in [0.15, 0.2) is 23.6 Å². The van der Waals surface area contributed by atoms with Crippen LogP contribution >= 0.6 is 11.3 Å². The Balaban J connectivity index is 2.69. The summed E-state index contributed by atoms with van der Waals surface area (Å²) < 4.78 is 1.01. The molecule has 1 heterocycles. The van der Waals surface area contributed by atoms with Gasteiger partial charge in [-0.2, -0.15) is 0 Å². The minimum atomic E-state index is -0.446. The number of rotatable bonds is 1. The van der Waals surface area contributed by atoms with Gasteiger partial charge in [0.15, 0.2) is 0 Å². The van der Waals surface area contributed by atoms with Gasteiger partial charge in [0.25, 0.3) is 0 Å². The van der Waals surface area contributed by atoms with Crippen LogP contribution < -0.4 is 0 Å². The van der Waals surface area contributed by atoms with Crippen LogP contribution in [-0.2, 0) is 0 Å². The number of hydrogen-bond acceptors (Lipinski definition) is 3. The Kier molecular flexibility index (Phi) is 1.98. The summed E-state index contributed by atoms with van der Waals surface area (Å²) in [7, 11) is 0. The number of phenols is 1. The van der Waals surface area contributed by atoms with Crippen LogP contribution in [0.3, 0.4) is 0 Å². The van der Waals surface area contributed by atoms with Crippen molar-refractivity contribution < 1.29 is 10.2 Å². The fourth-order valence-electron chi connectivity index (χ4n) is 1.36. The van der Waals surface area contributed by atoms with Crippen molar-refractivity contribution in [3.63, 3.8) is 0 Å². The zero-order valence-electron chi connectivity index (χ0n) is 7.19. The Labute approximate surface area is 80.1 Å². The molecule has 0 radical (unpaired) electrons. The quantitative estimate of drug-likeness (QED) is 0.732. The zero-order chi connectivity index (χ0) is 9.42. The lowest BCUT2D eigenvalue weighted by molar-refractivity contribution is 0.201. The fraction of sp³-hybridized carbons (Fsp3) is 0.200. The van der Waals surface area contributed by atoms with Gasteiger partial charge in [-0.15, -0.1) is 11.3 Å². The SMILES string of the molecule is CC(O)c1csc2cc(O)ccc12. The van der Waals surface area contributed by atoms with E-state index in [4.69, 9.17) is 0 Å². The minimum Gasteiger partial charge on any atom is -0.508 e. The standard InChI is InChI=1S/C10H10O2S/c1-6(11)9-5-13-10-4-7(12)2-3-8(9)10/h2-6,11-12H,1H3. The average molecular weight is 194 g/mol. The van der Waals surface area contributed by atoms with Gasteiger partial charge in [0.2, 0.25) is 0 Å². The van der Waals surface area contributed by atoms with Gasteiger partial charge in [-0.05, 0) is 41.5 Å². The molecule has 3 heteroatoms. The molecule has 68 valence electrons. The van der Waals surface area contributed by atoms with Gasteiger partial charge in [-0.25, -0.2) is 0 Å². The molecule has 2 aromatic rings. The molecule has 0 bridgehead atoms. The molecule has 0 aliphatic rings. The van der Waals surface area contributed by atoms with Crippen LogP contribution in [-0.4, -0.2) is 10.2 Å². The molecule has 1 aromatic carbocycles. The molecule has 0 spiro atoms. The summed E-state index contributed by atoms with van der Waals surface area (Å²) in [6.45, 7) is 1.74. The van der Waals surface area contributed by atoms with Gasteiger partial charge in [0.1, 0.15) is 5.75 Å². The highest BCUT2D eigenvalue weighted by molar-refractivity contribution is 7.17. The largest absolute Gasteiger partial charge is 0.508 e. The number of aliphatic hydroxyl groups excluding tert-OH is 1. The molecule has 0 aliphatic carbocycles. The molecule has 2 nitrogen and oxygen atoms in total. The van der Waals surface area contributed by atoms with Gasteiger partial charge in [0.05, 0.1) is 6.10 Å². The van der Waals surface area contributed by atoms with Crippen molar-refractivity contribution in [3.8, 4) is 5.75 Å². The molecule has 13 heavy (non-hydrogen) atoms. The van der Waals surface area contributed by atoms with Crippen molar-refractivity contribution in [1.29, 1.82) is 0 Å². The van der Waals surface area contributed by atoms with Crippen LogP contribution in [0.2, 0.25) is 0 Å². The average Bonchev–Trinajstić information content (AvgIpc) is 2.46. The number of thiophene rings is 1. The van der Waals surface area contributed by atoms with Crippen molar-refractivity contribution in [2.45, 2.75) is 13.0 Å². The maximum Gasteiger partial charge on any atom is 0.117 e. The second-order valence-corrected chi connectivity index (χ2v) is 3.96. The van der Waals surface area contributed by atoms with Crippen LogP contribution in [0.25, 0.3) is 10.1 Å². The van der Waals surface area contributed by atoms with Crippen LogP contribution in [0, 0.1) is 0 Å². The van der Waals surface area contributed by atoms with Crippen LogP contribution in [0.1, 0.15) is 18.6 Å². The van der Waals surface area contributed by atoms with Crippen molar-refractivity contribution in [2.75, 3.05) is 0 Å². The maximum atomic E-state index is 9.42. The summed E-state index contributed by atoms with van der Waals surface area (Å²) in [5.74, 6) is 0.270. The summed E-state index contributed by atoms with van der Waals surface area (Å²) >= 11 is 1.54. The maximum absolute atomic E-state index is 9.42. The number of aliphatic hydroxyl groups is 1. The topological polar surface area (TPSA) is 40.5 Å². The highest BCUT2D eigenvalue weighted by Gasteiger charge is 2.08. The van der Waals surface area contributed by atoms with E-state index < -0.39 is 6.10 Å². The van der Waals surface area contributed by atoms with Crippen molar-refractivity contribution in [1.82, 2.24) is 0 Å². The Bertz CT molecular complexity index is 431. The van der Waals surface area contributed by atoms with E-state index in [9.17, 15) is 10.2 Å². The second kappa shape index (κ2) is 3.01. The Morgan fingerprint density at radius 2 is 2.15 bits per heavy atom. The molecule has 1 atom stereocenters. The predicted octanol–water partition coefficient (Wildman–Crippen LogP) is 2.66. The normalized spacial score (nSPS) is 13.4. The van der Waals surface area contributed by atoms with Gasteiger partial charge in [0, 0.05) is 4.70 Å². The first-order valence-corrected chi connectivity index (χ1v) is 4.94. The van der Waals surface area contributed by atoms with E-state index in [-0.39, 0.29) is 5.75 Å². The lowest BCUT2D eigenvalue weighted by Gasteiger charge is -2.01. The molecular formula is C10H10O2S. The summed E-state index contributed by atoms with van der Waals surface area (Å²) in [4.78, 5) is 0. The molecule has 2 rings (SSSR count). The van der Waals surface area contributed by atoms with Crippen molar-refractivity contribution in [2.24, 2.45) is 0 Å². The zero-order valence-corrected chi connectivity index (χ0v) is 8.01. The van der Waals surface area contributed by atoms with E-state index in [1.54, 1.807) is 19.1 Å². The van der Waals surface area contributed by atoms with Gasteiger partial charge in [-0.3, -0.25) is 0 Å². The first-order chi connectivity index (χ1) is 6.18. The fourth-order valence-corrected chi connectivity index (χ4v) is 2.44. The summed E-state index contributed by atoms with van der Waals surface area (Å²) in [5, 5.41) is 21.6. The van der Waals surface area contributed by atoms with E-state index in [0.717, 1.165) is 15.6 Å². The molecule has 0 fully saturated rings. The summed E-state index contributed by atoms with van der Waals surface area (Å²) in [6.07, 6.45) is -0.446. The highest BCUT2D eigenvalue weighted by Crippen LogP contribution is 2.32. The molecule has 0 saturated heterocycles. The summed E-state index contributed by atoms with van der Waals surface area (Å²) in [6, 6.07) is 5.19. The van der Waals surface area contributed by atoms with E-state index in [2.05, 4.69) is 0 Å². The van der Waals surface area contributed by atoms with Crippen LogP contribution in [0.4, 0.5) is 0 Å². The Morgan fingerprint density at radius 3 is 2.85 bits per heavy atom. The lowest BCUT2D eigenvalue weighted by atomic mass is 10.1. The molecular weight excluding hydrogens is 184 g/mol. The molecule has 2 N–H and O–H groups in total. The van der Waals surface area contributed by atoms with E-state index >= 15 is 0 Å². The molecule has 1 unspecified atom stereocenters. The van der Waals surface area contributed by atoms with E-state index in [0.29, 0.717) is 0 Å². The molecule has 0 aliphatic heterocycles. The third kappa shape index (κ3) is 1.41. The third-order valence-corrected chi connectivity index (χ3v) is 3.00. The monoisotopic (exact) mass is 194 g/mol. The lowest BCUT2D eigenvalue weighted by Crippen LogP contribution is -1.87. The first-order valence-electron chi connectivity index (χ1n) is 4.06. The molecule has 1 aromatic heterocycles. The minimum absolute atomic E-state index is 0.270. The van der Waals surface area contributed by atoms with E-state index in [1.807, 2.05) is 11.4 Å². The Morgan fingerprint density at radius 1 is 1.38 bits per heavy atom. The van der Waals surface area contributed by atoms with Gasteiger partial charge < -0.3 is 10.2 Å². The highest BCUT2D eigenvalue weighted by atomic mass is 32.1. The smallest absolute Gasteiger partial charge is 0.117 e. The number of fused-ring (bicyclic) bond motifs is 1. The van der Waals surface area contributed by atoms with Gasteiger partial charge >= 0.3 is 0 Å². The Hall–Kier alpha value is -1.06. The number of aromatic hydroxyl groups is 1. The second-order valence-electron chi connectivity index (χ2n) is 3.05. The number of hydrogen-bond donors (Lipinski definition) is 2. The molecule has 0 saturated carbocycles. The summed E-state index contributed by atoms with van der Waals surface area (Å²) in [5.41, 5.74) is 0.931.